The average molecular weight is 251 g/mol. The summed E-state index contributed by atoms with van der Waals surface area (Å²) in [6.07, 6.45) is 0.877. The Morgan fingerprint density at radius 1 is 1.33 bits per heavy atom. The zero-order chi connectivity index (χ0) is 13.4. The summed E-state index contributed by atoms with van der Waals surface area (Å²) >= 11 is 0. The first-order chi connectivity index (χ1) is 8.61. The maximum Gasteiger partial charge on any atom is 0.231 e. The fourth-order valence-electron chi connectivity index (χ4n) is 1.58. The van der Waals surface area contributed by atoms with Gasteiger partial charge in [-0.3, -0.25) is 9.69 Å². The van der Waals surface area contributed by atoms with Gasteiger partial charge < -0.3 is 16.2 Å². The summed E-state index contributed by atoms with van der Waals surface area (Å²) in [6, 6.07) is 7.88. The summed E-state index contributed by atoms with van der Waals surface area (Å²) in [5, 5.41) is 0. The van der Waals surface area contributed by atoms with Gasteiger partial charge in [0.1, 0.15) is 12.4 Å². The molecule has 1 rings (SSSR count). The number of amides is 1. The van der Waals surface area contributed by atoms with Gasteiger partial charge in [0.05, 0.1) is 6.54 Å². The largest absolute Gasteiger partial charge is 0.492 e. The van der Waals surface area contributed by atoms with Crippen LogP contribution < -0.4 is 16.2 Å². The predicted octanol–water partition coefficient (Wildman–Crippen LogP) is -0.0163. The highest BCUT2D eigenvalue weighted by molar-refractivity contribution is 5.75. The molecule has 1 aromatic rings. The molecule has 0 saturated carbocycles. The molecule has 4 N–H and O–H groups in total. The van der Waals surface area contributed by atoms with Crippen molar-refractivity contribution in [1.82, 2.24) is 4.90 Å². The second-order valence-electron chi connectivity index (χ2n) is 4.24. The Bertz CT molecular complexity index is 365. The van der Waals surface area contributed by atoms with Crippen LogP contribution in [0.5, 0.6) is 5.75 Å². The first kappa shape index (κ1) is 14.5. The number of benzene rings is 1. The van der Waals surface area contributed by atoms with E-state index in [0.717, 1.165) is 12.2 Å². The molecular formula is C13H21N3O2. The monoisotopic (exact) mass is 251 g/mol. The van der Waals surface area contributed by atoms with Crippen molar-refractivity contribution in [1.29, 1.82) is 0 Å². The van der Waals surface area contributed by atoms with Crippen molar-refractivity contribution in [2.24, 2.45) is 11.5 Å². The Hall–Kier alpha value is -1.59. The molecule has 5 heteroatoms. The van der Waals surface area contributed by atoms with Gasteiger partial charge >= 0.3 is 0 Å². The van der Waals surface area contributed by atoms with E-state index in [1.54, 1.807) is 0 Å². The van der Waals surface area contributed by atoms with Crippen LogP contribution >= 0.6 is 0 Å². The van der Waals surface area contributed by atoms with Crippen LogP contribution in [0.4, 0.5) is 0 Å². The lowest BCUT2D eigenvalue weighted by Crippen LogP contribution is -2.33. The third-order valence-electron chi connectivity index (χ3n) is 2.52. The molecule has 0 heterocycles. The summed E-state index contributed by atoms with van der Waals surface area (Å²) < 4.78 is 5.57. The van der Waals surface area contributed by atoms with E-state index in [1.165, 1.54) is 5.56 Å². The zero-order valence-corrected chi connectivity index (χ0v) is 10.8. The van der Waals surface area contributed by atoms with Crippen molar-refractivity contribution in [3.63, 3.8) is 0 Å². The number of rotatable bonds is 8. The Kier molecular flexibility index (Phi) is 6.18. The van der Waals surface area contributed by atoms with Gasteiger partial charge in [-0.2, -0.15) is 0 Å². The molecule has 0 aliphatic carbocycles. The minimum absolute atomic E-state index is 0.249. The highest BCUT2D eigenvalue weighted by Gasteiger charge is 2.02. The molecule has 0 bridgehead atoms. The van der Waals surface area contributed by atoms with E-state index in [9.17, 15) is 4.79 Å². The van der Waals surface area contributed by atoms with E-state index in [4.69, 9.17) is 16.2 Å². The highest BCUT2D eigenvalue weighted by atomic mass is 16.5. The predicted molar refractivity (Wildman–Crippen MR) is 71.4 cm³/mol. The smallest absolute Gasteiger partial charge is 0.231 e. The van der Waals surface area contributed by atoms with E-state index >= 15 is 0 Å². The van der Waals surface area contributed by atoms with Crippen LogP contribution in [0.2, 0.25) is 0 Å². The molecule has 0 aromatic heterocycles. The standard InChI is InChI=1S/C13H21N3O2/c1-16(10-13(15)17)8-9-18-12-4-2-11(3-5-12)6-7-14/h2-5H,6-10,14H2,1H3,(H2,15,17). The third-order valence-corrected chi connectivity index (χ3v) is 2.52. The van der Waals surface area contributed by atoms with Gasteiger partial charge in [0.15, 0.2) is 0 Å². The summed E-state index contributed by atoms with van der Waals surface area (Å²) in [4.78, 5) is 12.5. The van der Waals surface area contributed by atoms with E-state index in [1.807, 2.05) is 36.2 Å². The molecule has 0 aliphatic rings. The van der Waals surface area contributed by atoms with E-state index in [0.29, 0.717) is 19.7 Å². The molecule has 1 amide bonds. The van der Waals surface area contributed by atoms with Gasteiger partial charge in [-0.05, 0) is 37.7 Å². The molecule has 0 radical (unpaired) electrons. The van der Waals surface area contributed by atoms with Gasteiger partial charge in [-0.1, -0.05) is 12.1 Å². The Morgan fingerprint density at radius 3 is 2.56 bits per heavy atom. The minimum atomic E-state index is -0.330. The maximum atomic E-state index is 10.7. The number of nitrogens with two attached hydrogens (primary N) is 2. The summed E-state index contributed by atoms with van der Waals surface area (Å²) in [5.74, 6) is 0.492. The molecule has 0 spiro atoms. The zero-order valence-electron chi connectivity index (χ0n) is 10.8. The SMILES string of the molecule is CN(CCOc1ccc(CCN)cc1)CC(N)=O. The van der Waals surface area contributed by atoms with E-state index in [2.05, 4.69) is 0 Å². The van der Waals surface area contributed by atoms with Crippen molar-refractivity contribution in [3.05, 3.63) is 29.8 Å². The molecule has 5 nitrogen and oxygen atoms in total. The summed E-state index contributed by atoms with van der Waals surface area (Å²) in [7, 11) is 1.83. The Balaban J connectivity index is 2.28. The second-order valence-corrected chi connectivity index (χ2v) is 4.24. The molecule has 0 atom stereocenters. The minimum Gasteiger partial charge on any atom is -0.492 e. The number of hydrogen-bond acceptors (Lipinski definition) is 4. The molecule has 0 fully saturated rings. The lowest BCUT2D eigenvalue weighted by Gasteiger charge is -2.14. The normalized spacial score (nSPS) is 10.6. The maximum absolute atomic E-state index is 10.7. The van der Waals surface area contributed by atoms with Crippen molar-refractivity contribution < 1.29 is 9.53 Å². The molecule has 100 valence electrons. The molecular weight excluding hydrogens is 230 g/mol. The quantitative estimate of drug-likeness (QED) is 0.680. The van der Waals surface area contributed by atoms with Crippen molar-refractivity contribution in [3.8, 4) is 5.75 Å². The summed E-state index contributed by atoms with van der Waals surface area (Å²) in [5.41, 5.74) is 11.8. The first-order valence-corrected chi connectivity index (χ1v) is 6.00. The van der Waals surface area contributed by atoms with Crippen LogP contribution in [0, 0.1) is 0 Å². The lowest BCUT2D eigenvalue weighted by atomic mass is 10.1. The van der Waals surface area contributed by atoms with Gasteiger partial charge in [0.2, 0.25) is 5.91 Å². The van der Waals surface area contributed by atoms with Crippen molar-refractivity contribution in [2.45, 2.75) is 6.42 Å². The molecule has 0 saturated heterocycles. The second kappa shape index (κ2) is 7.68. The van der Waals surface area contributed by atoms with Crippen LogP contribution in [0.25, 0.3) is 0 Å². The number of primary amides is 1. The molecule has 18 heavy (non-hydrogen) atoms. The van der Waals surface area contributed by atoms with Crippen LogP contribution in [-0.2, 0) is 11.2 Å². The van der Waals surface area contributed by atoms with E-state index in [-0.39, 0.29) is 12.5 Å². The number of carbonyl (C=O) groups excluding carboxylic acids is 1. The first-order valence-electron chi connectivity index (χ1n) is 6.00. The van der Waals surface area contributed by atoms with Gasteiger partial charge in [0, 0.05) is 6.54 Å². The van der Waals surface area contributed by atoms with Gasteiger partial charge in [-0.25, -0.2) is 0 Å². The fourth-order valence-corrected chi connectivity index (χ4v) is 1.58. The molecule has 0 aliphatic heterocycles. The van der Waals surface area contributed by atoms with Crippen LogP contribution in [0.3, 0.4) is 0 Å². The van der Waals surface area contributed by atoms with Gasteiger partial charge in [0.25, 0.3) is 0 Å². The van der Waals surface area contributed by atoms with Crippen molar-refractivity contribution >= 4 is 5.91 Å². The fraction of sp³-hybridized carbons (Fsp3) is 0.462. The topological polar surface area (TPSA) is 81.6 Å². The van der Waals surface area contributed by atoms with Crippen LogP contribution in [0.15, 0.2) is 24.3 Å². The molecule has 1 aromatic carbocycles. The Morgan fingerprint density at radius 2 is 2.00 bits per heavy atom. The lowest BCUT2D eigenvalue weighted by molar-refractivity contribution is -0.118. The van der Waals surface area contributed by atoms with Gasteiger partial charge in [-0.15, -0.1) is 0 Å². The number of carbonyl (C=O) groups is 1. The molecule has 0 unspecified atom stereocenters. The van der Waals surface area contributed by atoms with Crippen molar-refractivity contribution in [2.75, 3.05) is 33.3 Å². The third kappa shape index (κ3) is 5.65. The summed E-state index contributed by atoms with van der Waals surface area (Å²) in [6.45, 7) is 2.09. The number of nitrogens with zero attached hydrogens (tertiary/aromatic N) is 1. The average Bonchev–Trinajstić information content (AvgIpc) is 2.31. The van der Waals surface area contributed by atoms with Crippen LogP contribution in [-0.4, -0.2) is 44.1 Å². The number of ether oxygens (including phenoxy) is 1. The number of likely N-dealkylation sites (N-methyl/N-ethyl adjacent to an activating group) is 1. The Labute approximate surface area is 108 Å². The highest BCUT2D eigenvalue weighted by Crippen LogP contribution is 2.12. The van der Waals surface area contributed by atoms with E-state index < -0.39 is 0 Å². The number of hydrogen-bond donors (Lipinski definition) is 2. The van der Waals surface area contributed by atoms with Crippen LogP contribution in [0.1, 0.15) is 5.56 Å².